The van der Waals surface area contributed by atoms with Crippen LogP contribution in [0.4, 0.5) is 5.69 Å². The molecule has 14 heavy (non-hydrogen) atoms. The van der Waals surface area contributed by atoms with Gasteiger partial charge in [0, 0.05) is 5.56 Å². The summed E-state index contributed by atoms with van der Waals surface area (Å²) in [5.41, 5.74) is 5.86. The number of rotatable bonds is 1. The highest BCUT2D eigenvalue weighted by atomic mass is 35.5. The van der Waals surface area contributed by atoms with Crippen molar-refractivity contribution in [2.24, 2.45) is 0 Å². The van der Waals surface area contributed by atoms with Gasteiger partial charge in [0.2, 0.25) is 0 Å². The van der Waals surface area contributed by atoms with Crippen LogP contribution in [0.1, 0.15) is 10.4 Å². The molecule has 0 aliphatic carbocycles. The van der Waals surface area contributed by atoms with Gasteiger partial charge >= 0.3 is 0 Å². The van der Waals surface area contributed by atoms with Gasteiger partial charge in [-0.15, -0.1) is 0 Å². The largest absolute Gasteiger partial charge is 0.396 e. The average Bonchev–Trinajstić information content (AvgIpc) is 2.13. The van der Waals surface area contributed by atoms with E-state index in [0.29, 0.717) is 0 Å². The number of nitrogens with one attached hydrogen (secondary N) is 1. The molecule has 0 saturated heterocycles. The van der Waals surface area contributed by atoms with E-state index in [1.807, 2.05) is 5.32 Å². The van der Waals surface area contributed by atoms with Gasteiger partial charge in [-0.1, -0.05) is 23.2 Å². The van der Waals surface area contributed by atoms with E-state index in [2.05, 4.69) is 0 Å². The maximum Gasteiger partial charge on any atom is 0.264 e. The predicted octanol–water partition coefficient (Wildman–Crippen LogP) is 1.79. The molecule has 6 heteroatoms. The van der Waals surface area contributed by atoms with Crippen LogP contribution in [0, 0.1) is 11.5 Å². The molecular weight excluding hydrogens is 225 g/mol. The second-order valence-electron chi connectivity index (χ2n) is 2.42. The van der Waals surface area contributed by atoms with Crippen molar-refractivity contribution in [1.29, 1.82) is 5.26 Å². The molecule has 0 bridgehead atoms. The Balaban J connectivity index is 3.14. The molecule has 0 atom stereocenters. The van der Waals surface area contributed by atoms with Crippen molar-refractivity contribution in [3.63, 3.8) is 0 Å². The van der Waals surface area contributed by atoms with Crippen molar-refractivity contribution in [3.8, 4) is 6.19 Å². The third kappa shape index (κ3) is 2.08. The van der Waals surface area contributed by atoms with Gasteiger partial charge in [0.05, 0.1) is 15.7 Å². The lowest BCUT2D eigenvalue weighted by Gasteiger charge is -2.03. The highest BCUT2D eigenvalue weighted by molar-refractivity contribution is 6.39. The Bertz CT molecular complexity index is 402. The minimum atomic E-state index is -0.573. The second-order valence-corrected chi connectivity index (χ2v) is 3.23. The quantitative estimate of drug-likeness (QED) is 0.438. The molecule has 0 aliphatic rings. The molecular formula is C8H5Cl2N3O. The predicted molar refractivity (Wildman–Crippen MR) is 54.0 cm³/mol. The van der Waals surface area contributed by atoms with E-state index in [4.69, 9.17) is 34.2 Å². The van der Waals surface area contributed by atoms with Crippen LogP contribution in [-0.2, 0) is 0 Å². The Kier molecular flexibility index (Phi) is 3.18. The Labute approximate surface area is 90.2 Å². The first-order valence-corrected chi connectivity index (χ1v) is 4.26. The Morgan fingerprint density at radius 1 is 1.43 bits per heavy atom. The molecule has 1 aromatic carbocycles. The lowest BCUT2D eigenvalue weighted by Crippen LogP contribution is -2.17. The molecule has 0 unspecified atom stereocenters. The minimum Gasteiger partial charge on any atom is -0.396 e. The number of nitrogens with zero attached hydrogens (tertiary/aromatic N) is 1. The number of hydrogen-bond acceptors (Lipinski definition) is 3. The molecule has 0 fully saturated rings. The van der Waals surface area contributed by atoms with Crippen molar-refractivity contribution >= 4 is 34.8 Å². The third-order valence-electron chi connectivity index (χ3n) is 1.51. The zero-order chi connectivity index (χ0) is 10.7. The topological polar surface area (TPSA) is 78.9 Å². The van der Waals surface area contributed by atoms with Crippen LogP contribution in [-0.4, -0.2) is 5.91 Å². The van der Waals surface area contributed by atoms with Gasteiger partial charge in [-0.2, -0.15) is 5.26 Å². The number of nitriles is 1. The summed E-state index contributed by atoms with van der Waals surface area (Å²) in [6, 6.07) is 2.69. The van der Waals surface area contributed by atoms with Crippen LogP contribution in [0.15, 0.2) is 12.1 Å². The molecule has 0 aromatic heterocycles. The fourth-order valence-corrected chi connectivity index (χ4v) is 1.33. The van der Waals surface area contributed by atoms with Crippen LogP contribution < -0.4 is 11.1 Å². The Morgan fingerprint density at radius 2 is 1.93 bits per heavy atom. The number of nitrogens with two attached hydrogens (primary N) is 1. The summed E-state index contributed by atoms with van der Waals surface area (Å²) in [7, 11) is 0. The lowest BCUT2D eigenvalue weighted by molar-refractivity contribution is 0.0973. The van der Waals surface area contributed by atoms with Crippen molar-refractivity contribution in [1.82, 2.24) is 5.32 Å². The van der Waals surface area contributed by atoms with E-state index in [0.717, 1.165) is 0 Å². The maximum atomic E-state index is 11.2. The van der Waals surface area contributed by atoms with Crippen LogP contribution in [0.25, 0.3) is 0 Å². The van der Waals surface area contributed by atoms with Crippen molar-refractivity contribution in [2.75, 3.05) is 5.73 Å². The summed E-state index contributed by atoms with van der Waals surface area (Å²) in [5.74, 6) is -0.573. The van der Waals surface area contributed by atoms with Crippen molar-refractivity contribution in [3.05, 3.63) is 27.7 Å². The van der Waals surface area contributed by atoms with Gasteiger partial charge in [-0.3, -0.25) is 10.1 Å². The van der Waals surface area contributed by atoms with Gasteiger partial charge in [0.25, 0.3) is 5.91 Å². The van der Waals surface area contributed by atoms with Crippen molar-refractivity contribution in [2.45, 2.75) is 0 Å². The van der Waals surface area contributed by atoms with E-state index in [1.165, 1.54) is 18.3 Å². The second kappa shape index (κ2) is 4.18. The van der Waals surface area contributed by atoms with Crippen LogP contribution in [0.2, 0.25) is 10.0 Å². The van der Waals surface area contributed by atoms with Crippen LogP contribution in [0.3, 0.4) is 0 Å². The zero-order valence-electron chi connectivity index (χ0n) is 6.84. The first-order chi connectivity index (χ1) is 6.56. The fraction of sp³-hybridized carbons (Fsp3) is 0. The molecule has 1 aromatic rings. The Morgan fingerprint density at radius 3 is 2.36 bits per heavy atom. The maximum absolute atomic E-state index is 11.2. The van der Waals surface area contributed by atoms with Gasteiger partial charge in [-0.05, 0) is 12.1 Å². The molecule has 1 amide bonds. The molecule has 0 heterocycles. The fourth-order valence-electron chi connectivity index (χ4n) is 0.838. The highest BCUT2D eigenvalue weighted by Crippen LogP contribution is 2.28. The number of nitrogen functional groups attached to an aromatic ring is 1. The van der Waals surface area contributed by atoms with E-state index in [9.17, 15) is 4.79 Å². The SMILES string of the molecule is N#CNC(=O)c1cc(Cl)c(N)c(Cl)c1. The van der Waals surface area contributed by atoms with Gasteiger partial charge in [0.15, 0.2) is 6.19 Å². The minimum absolute atomic E-state index is 0.181. The third-order valence-corrected chi connectivity index (χ3v) is 2.14. The van der Waals surface area contributed by atoms with Gasteiger partial charge < -0.3 is 5.73 Å². The first kappa shape index (κ1) is 10.6. The average molecular weight is 230 g/mol. The summed E-state index contributed by atoms with van der Waals surface area (Å²) in [5, 5.41) is 10.5. The number of anilines is 1. The van der Waals surface area contributed by atoms with Crippen LogP contribution >= 0.6 is 23.2 Å². The smallest absolute Gasteiger partial charge is 0.264 e. The summed E-state index contributed by atoms with van der Waals surface area (Å²) >= 11 is 11.4. The first-order valence-electron chi connectivity index (χ1n) is 3.50. The molecule has 0 aliphatic heterocycles. The standard InChI is InChI=1S/C8H5Cl2N3O/c9-5-1-4(8(14)13-3-11)2-6(10)7(5)12/h1-2H,12H2,(H,13,14). The van der Waals surface area contributed by atoms with Gasteiger partial charge in [-0.25, -0.2) is 0 Å². The molecule has 4 nitrogen and oxygen atoms in total. The zero-order valence-corrected chi connectivity index (χ0v) is 8.36. The van der Waals surface area contributed by atoms with Gasteiger partial charge in [0.1, 0.15) is 0 Å². The normalized spacial score (nSPS) is 9.21. The summed E-state index contributed by atoms with van der Waals surface area (Å²) in [4.78, 5) is 11.2. The van der Waals surface area contributed by atoms with E-state index >= 15 is 0 Å². The highest BCUT2D eigenvalue weighted by Gasteiger charge is 2.10. The number of halogens is 2. The van der Waals surface area contributed by atoms with E-state index in [-0.39, 0.29) is 21.3 Å². The molecule has 3 N–H and O–H groups in total. The molecule has 0 spiro atoms. The van der Waals surface area contributed by atoms with Crippen molar-refractivity contribution < 1.29 is 4.79 Å². The number of carbonyl (C=O) groups is 1. The Hall–Kier alpha value is -1.44. The summed E-state index contributed by atoms with van der Waals surface area (Å²) in [6.45, 7) is 0. The molecule has 1 rings (SSSR count). The van der Waals surface area contributed by atoms with Crippen LogP contribution in [0.5, 0.6) is 0 Å². The monoisotopic (exact) mass is 229 g/mol. The molecule has 0 saturated carbocycles. The lowest BCUT2D eigenvalue weighted by atomic mass is 10.2. The van der Waals surface area contributed by atoms with E-state index < -0.39 is 5.91 Å². The summed E-state index contributed by atoms with van der Waals surface area (Å²) in [6.07, 6.45) is 1.50. The molecule has 0 radical (unpaired) electrons. The number of carbonyl (C=O) groups excluding carboxylic acids is 1. The number of amides is 1. The van der Waals surface area contributed by atoms with E-state index in [1.54, 1.807) is 0 Å². The number of benzene rings is 1. The molecule has 72 valence electrons. The summed E-state index contributed by atoms with van der Waals surface area (Å²) < 4.78 is 0. The number of hydrogen-bond donors (Lipinski definition) is 2.